The number of rotatable bonds is 0. The number of aromatic nitrogens is 2. The highest BCUT2D eigenvalue weighted by molar-refractivity contribution is 4.64. The Morgan fingerprint density at radius 2 is 2.00 bits per heavy atom. The minimum Gasteiger partial charge on any atom is -0.356 e. The van der Waals surface area contributed by atoms with Gasteiger partial charge in [-0.15, -0.1) is 0 Å². The zero-order chi connectivity index (χ0) is 7.11. The fourth-order valence-corrected chi connectivity index (χ4v) is 0.215. The van der Waals surface area contributed by atoms with Gasteiger partial charge in [-0.2, -0.15) is 0 Å². The molecule has 10 heavy (non-hydrogen) atoms. The average Bonchev–Trinajstić information content (AvgIpc) is 2.11. The predicted molar refractivity (Wildman–Crippen MR) is 31.7 cm³/mol. The van der Waals surface area contributed by atoms with Crippen molar-refractivity contribution in [3.63, 3.8) is 0 Å². The van der Waals surface area contributed by atoms with Gasteiger partial charge in [-0.3, -0.25) is 0 Å². The van der Waals surface area contributed by atoms with E-state index < -0.39 is 5.09 Å². The number of hydrogen-bond acceptors (Lipinski definition) is 4. The van der Waals surface area contributed by atoms with E-state index in [1.54, 1.807) is 18.7 Å². The minimum absolute atomic E-state index is 0. The van der Waals surface area contributed by atoms with Gasteiger partial charge in [0, 0.05) is 12.4 Å². The number of H-pyrrole nitrogens is 1. The van der Waals surface area contributed by atoms with Gasteiger partial charge in [0.25, 0.3) is 0 Å². The Morgan fingerprint density at radius 1 is 1.50 bits per heavy atom. The van der Waals surface area contributed by atoms with Crippen molar-refractivity contribution in [2.24, 2.45) is 0 Å². The van der Waals surface area contributed by atoms with Crippen molar-refractivity contribution in [1.29, 1.82) is 0 Å². The second-order valence-electron chi connectivity index (χ2n) is 0.984. The highest BCUT2D eigenvalue weighted by Crippen LogP contribution is 1.62. The Balaban J connectivity index is 0. The van der Waals surface area contributed by atoms with Gasteiger partial charge in [-0.25, -0.2) is 4.98 Å². The van der Waals surface area contributed by atoms with Crippen LogP contribution in [0.3, 0.4) is 0 Å². The molecule has 1 N–H and O–H groups in total. The molecule has 1 heterocycles. The summed E-state index contributed by atoms with van der Waals surface area (Å²) in [5.41, 5.74) is 0. The van der Waals surface area contributed by atoms with Gasteiger partial charge in [0.05, 0.1) is 23.8 Å². The summed E-state index contributed by atoms with van der Waals surface area (Å²) < 4.78 is 0. The highest BCUT2D eigenvalue weighted by Gasteiger charge is 1.56. The summed E-state index contributed by atoms with van der Waals surface area (Å²) in [6.45, 7) is 0. The number of aromatic amines is 1. The van der Waals surface area contributed by atoms with E-state index in [1.807, 2.05) is 0 Å². The zero-order valence-corrected chi connectivity index (χ0v) is 5.69. The first-order chi connectivity index (χ1) is 4.23. The van der Waals surface area contributed by atoms with Crippen LogP contribution in [0.2, 0.25) is 0 Å². The maximum Gasteiger partial charge on any atom is 0.0919 e. The lowest BCUT2D eigenvalue weighted by molar-refractivity contribution is -0.402. The Bertz CT molecular complexity index is 133. The number of halogens is 1. The number of imidazole rings is 1. The van der Waals surface area contributed by atoms with Gasteiger partial charge < -0.3 is 20.3 Å². The molecule has 1 aromatic heterocycles. The zero-order valence-electron chi connectivity index (χ0n) is 4.80. The molecule has 58 valence electrons. The Kier molecular flexibility index (Phi) is 8.85. The van der Waals surface area contributed by atoms with Crippen molar-refractivity contribution in [2.75, 3.05) is 0 Å². The van der Waals surface area contributed by atoms with E-state index in [0.717, 1.165) is 0 Å². The molecule has 0 amide bonds. The third kappa shape index (κ3) is 15.9. The molecule has 1 aromatic rings. The maximum atomic E-state index is 8.25. The summed E-state index contributed by atoms with van der Waals surface area (Å²) in [5.74, 6) is 0. The summed E-state index contributed by atoms with van der Waals surface area (Å²) in [6, 6.07) is 0. The van der Waals surface area contributed by atoms with Crippen LogP contribution in [0, 0.1) is 27.7 Å². The first-order valence-electron chi connectivity index (χ1n) is 1.97. The lowest BCUT2D eigenvalue weighted by atomic mass is 11.0. The Hall–Kier alpha value is -1.30. The van der Waals surface area contributed by atoms with Crippen LogP contribution in [-0.4, -0.2) is 15.1 Å². The van der Waals surface area contributed by atoms with Gasteiger partial charge in [0.15, 0.2) is 0 Å². The molecular formula is C3H6ClN3O3. The minimum atomic E-state index is -1.75. The Morgan fingerprint density at radius 3 is 2.10 bits per heavy atom. The SMILES string of the molecule is O=[N+]([O-])[O-].[ClH2+].c1c[nH]cn1. The van der Waals surface area contributed by atoms with E-state index >= 15 is 0 Å². The number of hydrogen-bond donors (Lipinski definition) is 1. The summed E-state index contributed by atoms with van der Waals surface area (Å²) in [6.07, 6.45) is 5.08. The van der Waals surface area contributed by atoms with Gasteiger partial charge in [0.1, 0.15) is 0 Å². The van der Waals surface area contributed by atoms with Crippen LogP contribution in [-0.2, 0) is 0 Å². The summed E-state index contributed by atoms with van der Waals surface area (Å²) in [7, 11) is 0. The van der Waals surface area contributed by atoms with Crippen molar-refractivity contribution in [2.45, 2.75) is 0 Å². The molecule has 7 heteroatoms. The van der Waals surface area contributed by atoms with Crippen LogP contribution in [0.4, 0.5) is 0 Å². The lowest BCUT2D eigenvalue weighted by Crippen LogP contribution is -1.74. The van der Waals surface area contributed by atoms with Crippen molar-refractivity contribution in [3.8, 4) is 0 Å². The van der Waals surface area contributed by atoms with Crippen LogP contribution in [0.25, 0.3) is 0 Å². The van der Waals surface area contributed by atoms with E-state index in [1.165, 1.54) is 0 Å². The van der Waals surface area contributed by atoms with Crippen LogP contribution in [0.1, 0.15) is 0 Å². The van der Waals surface area contributed by atoms with Crippen LogP contribution >= 0.6 is 0 Å². The molecule has 0 bridgehead atoms. The van der Waals surface area contributed by atoms with E-state index in [9.17, 15) is 0 Å². The third-order valence-corrected chi connectivity index (χ3v) is 0.406. The molecule has 0 unspecified atom stereocenters. The molecule has 0 saturated carbocycles. The molecular weight excluding hydrogens is 162 g/mol. The van der Waals surface area contributed by atoms with Crippen molar-refractivity contribution in [1.82, 2.24) is 9.97 Å². The maximum absolute atomic E-state index is 8.25. The summed E-state index contributed by atoms with van der Waals surface area (Å²) in [5, 5.41) is 14.8. The van der Waals surface area contributed by atoms with Crippen LogP contribution in [0.15, 0.2) is 18.7 Å². The lowest BCUT2D eigenvalue weighted by Gasteiger charge is -1.74. The molecule has 6 nitrogen and oxygen atoms in total. The topological polar surface area (TPSA) is 94.9 Å². The average molecular weight is 168 g/mol. The van der Waals surface area contributed by atoms with Crippen molar-refractivity contribution in [3.05, 3.63) is 34.0 Å². The molecule has 0 spiro atoms. The molecule has 0 atom stereocenters. The summed E-state index contributed by atoms with van der Waals surface area (Å²) >= 11 is 0. The molecule has 0 aliphatic rings. The fraction of sp³-hybridized carbons (Fsp3) is 0. The smallest absolute Gasteiger partial charge is 0.0919 e. The first-order valence-corrected chi connectivity index (χ1v) is 1.97. The fourth-order valence-electron chi connectivity index (χ4n) is 0.215. The second kappa shape index (κ2) is 7.70. The van der Waals surface area contributed by atoms with Crippen LogP contribution < -0.4 is 0 Å². The molecule has 0 radical (unpaired) electrons. The number of nitrogens with one attached hydrogen (secondary N) is 1. The van der Waals surface area contributed by atoms with E-state index in [-0.39, 0.29) is 12.4 Å². The predicted octanol–water partition coefficient (Wildman–Crippen LogP) is -0.365. The highest BCUT2D eigenvalue weighted by atomic mass is 35.5. The van der Waals surface area contributed by atoms with Gasteiger partial charge >= 0.3 is 0 Å². The largest absolute Gasteiger partial charge is 0.356 e. The monoisotopic (exact) mass is 167 g/mol. The van der Waals surface area contributed by atoms with Gasteiger partial charge in [-0.1, -0.05) is 0 Å². The first kappa shape index (κ1) is 11.5. The molecule has 0 aliphatic heterocycles. The third-order valence-electron chi connectivity index (χ3n) is 0.406. The van der Waals surface area contributed by atoms with Gasteiger partial charge in [-0.05, 0) is 0 Å². The molecule has 0 fully saturated rings. The van der Waals surface area contributed by atoms with Crippen LogP contribution in [0.5, 0.6) is 0 Å². The van der Waals surface area contributed by atoms with E-state index in [4.69, 9.17) is 15.3 Å². The number of nitrogens with zero attached hydrogens (tertiary/aromatic N) is 2. The van der Waals surface area contributed by atoms with Crippen molar-refractivity contribution < 1.29 is 17.5 Å². The van der Waals surface area contributed by atoms with E-state index in [0.29, 0.717) is 0 Å². The molecule has 1 rings (SSSR count). The Labute approximate surface area is 62.4 Å². The van der Waals surface area contributed by atoms with E-state index in [2.05, 4.69) is 9.97 Å². The van der Waals surface area contributed by atoms with Gasteiger partial charge in [0.2, 0.25) is 0 Å². The standard InChI is InChI=1S/C3H4N2.ClH2.NO3/c1-2-5-3-4-1;;2-1(3)4/h1-3H,(H,4,5);1H2;/q;+1;-1. The normalized spacial score (nSPS) is 6.40. The molecule has 0 aromatic carbocycles. The second-order valence-corrected chi connectivity index (χ2v) is 0.984. The summed E-state index contributed by atoms with van der Waals surface area (Å²) in [4.78, 5) is 14.7. The molecule has 0 saturated heterocycles. The quantitative estimate of drug-likeness (QED) is 0.422. The van der Waals surface area contributed by atoms with Crippen molar-refractivity contribution >= 4 is 0 Å². The molecule has 0 aliphatic carbocycles.